The van der Waals surface area contributed by atoms with E-state index < -0.39 is 30.4 Å². The Bertz CT molecular complexity index is 1680. The van der Waals surface area contributed by atoms with Crippen LogP contribution in [0.2, 0.25) is 0 Å². The van der Waals surface area contributed by atoms with Crippen LogP contribution in [0.4, 0.5) is 4.39 Å². The Hall–Kier alpha value is -4.93. The highest BCUT2D eigenvalue weighted by atomic mass is 19.1. The van der Waals surface area contributed by atoms with Crippen LogP contribution in [0, 0.1) is 5.82 Å². The number of benzene rings is 3. The zero-order valence-electron chi connectivity index (χ0n) is 26.2. The molecule has 0 fully saturated rings. The molecule has 0 bridgehead atoms. The van der Waals surface area contributed by atoms with E-state index in [1.165, 1.54) is 25.3 Å². The number of methoxy groups -OCH3 is 2. The van der Waals surface area contributed by atoms with Gasteiger partial charge in [-0.3, -0.25) is 9.59 Å². The number of nitrogens with one attached hydrogen (secondary N) is 1. The second kappa shape index (κ2) is 15.4. The van der Waals surface area contributed by atoms with Gasteiger partial charge in [0, 0.05) is 35.8 Å². The predicted molar refractivity (Wildman–Crippen MR) is 174 cm³/mol. The minimum atomic E-state index is -1.25. The lowest BCUT2D eigenvalue weighted by atomic mass is 9.94. The van der Waals surface area contributed by atoms with Gasteiger partial charge in [-0.2, -0.15) is 0 Å². The number of ether oxygens (including phenoxy) is 2. The van der Waals surface area contributed by atoms with Crippen LogP contribution in [-0.4, -0.2) is 58.2 Å². The molecular formula is C36H39FN2O7. The standard InChI is InChI=1S/C36H39FN2O7/c1-22(2)39-29(16-15-27(40)19-28(41)20-32(42)43)33(25-11-13-26(37)14-12-25)34(24-8-6-5-7-9-24)35(39)36(44)38-21-23-10-17-30(45-3)31(18-23)46-4/h5-18,22,27-28,40-41H,19-21H2,1-4H3,(H,38,44)(H,42,43)/b16-15+. The molecule has 0 radical (unpaired) electrons. The van der Waals surface area contributed by atoms with Crippen LogP contribution in [0.1, 0.15) is 54.5 Å². The number of aromatic nitrogens is 1. The molecule has 46 heavy (non-hydrogen) atoms. The van der Waals surface area contributed by atoms with Gasteiger partial charge in [0.05, 0.1) is 32.8 Å². The molecular weight excluding hydrogens is 591 g/mol. The lowest BCUT2D eigenvalue weighted by molar-refractivity contribution is -0.139. The summed E-state index contributed by atoms with van der Waals surface area (Å²) in [7, 11) is 3.09. The minimum absolute atomic E-state index is 0.188. The molecule has 0 saturated heterocycles. The van der Waals surface area contributed by atoms with Crippen LogP contribution in [-0.2, 0) is 11.3 Å². The van der Waals surface area contributed by atoms with Crippen LogP contribution in [0.15, 0.2) is 78.9 Å². The Labute approximate surface area is 267 Å². The number of amides is 1. The fourth-order valence-electron chi connectivity index (χ4n) is 5.43. The van der Waals surface area contributed by atoms with Crippen molar-refractivity contribution < 1.29 is 38.8 Å². The number of hydrogen-bond donors (Lipinski definition) is 4. The van der Waals surface area contributed by atoms with Crippen LogP contribution in [0.25, 0.3) is 28.3 Å². The molecule has 0 spiro atoms. The van der Waals surface area contributed by atoms with E-state index in [0.717, 1.165) is 11.1 Å². The highest BCUT2D eigenvalue weighted by Crippen LogP contribution is 2.42. The molecule has 1 heterocycles. The molecule has 4 N–H and O–H groups in total. The molecule has 2 atom stereocenters. The van der Waals surface area contributed by atoms with Crippen molar-refractivity contribution in [3.63, 3.8) is 0 Å². The summed E-state index contributed by atoms with van der Waals surface area (Å²) in [4.78, 5) is 25.3. The largest absolute Gasteiger partial charge is 0.493 e. The molecule has 4 aromatic rings. The number of aliphatic carboxylic acids is 1. The summed E-state index contributed by atoms with van der Waals surface area (Å²) >= 11 is 0. The van der Waals surface area contributed by atoms with Crippen molar-refractivity contribution in [2.24, 2.45) is 0 Å². The maximum atomic E-state index is 14.2. The second-order valence-corrected chi connectivity index (χ2v) is 11.1. The SMILES string of the molecule is COc1ccc(CNC(=O)c2c(-c3ccccc3)c(-c3ccc(F)cc3)c(/C=C/C(O)CC(O)CC(=O)O)n2C(C)C)cc1OC. The smallest absolute Gasteiger partial charge is 0.305 e. The molecule has 10 heteroatoms. The van der Waals surface area contributed by atoms with Crippen molar-refractivity contribution in [2.45, 2.75) is 51.5 Å². The molecule has 0 saturated carbocycles. The Morgan fingerprint density at radius 3 is 2.17 bits per heavy atom. The second-order valence-electron chi connectivity index (χ2n) is 11.1. The Morgan fingerprint density at radius 1 is 0.913 bits per heavy atom. The third kappa shape index (κ3) is 8.01. The third-order valence-electron chi connectivity index (χ3n) is 7.47. The van der Waals surface area contributed by atoms with E-state index in [-0.39, 0.29) is 24.9 Å². The molecule has 9 nitrogen and oxygen atoms in total. The van der Waals surface area contributed by atoms with Crippen molar-refractivity contribution in [3.8, 4) is 33.8 Å². The topological polar surface area (TPSA) is 130 Å². The first-order chi connectivity index (χ1) is 22.0. The highest BCUT2D eigenvalue weighted by Gasteiger charge is 2.29. The van der Waals surface area contributed by atoms with Gasteiger partial charge in [0.1, 0.15) is 11.5 Å². The molecule has 4 rings (SSSR count). The van der Waals surface area contributed by atoms with Gasteiger partial charge in [0.2, 0.25) is 0 Å². The van der Waals surface area contributed by atoms with Gasteiger partial charge in [-0.05, 0) is 60.9 Å². The first kappa shape index (κ1) is 34.0. The molecule has 1 amide bonds. The molecule has 1 aromatic heterocycles. The van der Waals surface area contributed by atoms with E-state index in [0.29, 0.717) is 39.6 Å². The highest BCUT2D eigenvalue weighted by molar-refractivity contribution is 6.06. The van der Waals surface area contributed by atoms with Crippen molar-refractivity contribution in [1.29, 1.82) is 0 Å². The van der Waals surface area contributed by atoms with Crippen molar-refractivity contribution in [3.05, 3.63) is 102 Å². The van der Waals surface area contributed by atoms with Gasteiger partial charge in [-0.15, -0.1) is 0 Å². The summed E-state index contributed by atoms with van der Waals surface area (Å²) in [6.07, 6.45) is 0.00969. The number of carboxylic acid groups (broad SMARTS) is 1. The number of halogens is 1. The van der Waals surface area contributed by atoms with E-state index in [4.69, 9.17) is 14.6 Å². The van der Waals surface area contributed by atoms with Gasteiger partial charge in [0.15, 0.2) is 11.5 Å². The molecule has 2 unspecified atom stereocenters. The van der Waals surface area contributed by atoms with Crippen LogP contribution >= 0.6 is 0 Å². The first-order valence-corrected chi connectivity index (χ1v) is 14.9. The number of rotatable bonds is 14. The minimum Gasteiger partial charge on any atom is -0.493 e. The zero-order chi connectivity index (χ0) is 33.4. The Morgan fingerprint density at radius 2 is 1.57 bits per heavy atom. The van der Waals surface area contributed by atoms with E-state index >= 15 is 0 Å². The summed E-state index contributed by atoms with van der Waals surface area (Å²) in [6, 6.07) is 20.5. The Balaban J connectivity index is 1.88. The van der Waals surface area contributed by atoms with Crippen LogP contribution in [0.3, 0.4) is 0 Å². The van der Waals surface area contributed by atoms with Gasteiger partial charge in [0.25, 0.3) is 5.91 Å². The maximum Gasteiger partial charge on any atom is 0.305 e. The number of carbonyl (C=O) groups excluding carboxylic acids is 1. The molecule has 242 valence electrons. The maximum absolute atomic E-state index is 14.2. The van der Waals surface area contributed by atoms with E-state index in [1.54, 1.807) is 37.5 Å². The number of nitrogens with zero attached hydrogens (tertiary/aromatic N) is 1. The number of carboxylic acids is 1. The zero-order valence-corrected chi connectivity index (χ0v) is 26.2. The lowest BCUT2D eigenvalue weighted by Crippen LogP contribution is -2.27. The summed E-state index contributed by atoms with van der Waals surface area (Å²) in [6.45, 7) is 4.05. The quantitative estimate of drug-likeness (QED) is 0.133. The number of aliphatic hydroxyl groups excluding tert-OH is 2. The van der Waals surface area contributed by atoms with E-state index in [1.807, 2.05) is 54.8 Å². The fourth-order valence-corrected chi connectivity index (χ4v) is 5.43. The molecule has 0 aliphatic carbocycles. The lowest BCUT2D eigenvalue weighted by Gasteiger charge is -2.17. The van der Waals surface area contributed by atoms with Gasteiger partial charge in [-0.25, -0.2) is 4.39 Å². The van der Waals surface area contributed by atoms with Gasteiger partial charge < -0.3 is 34.7 Å². The van der Waals surface area contributed by atoms with Crippen molar-refractivity contribution in [2.75, 3.05) is 14.2 Å². The normalized spacial score (nSPS) is 12.7. The average molecular weight is 631 g/mol. The summed E-state index contributed by atoms with van der Waals surface area (Å²) in [5.41, 5.74) is 4.39. The van der Waals surface area contributed by atoms with Crippen LogP contribution < -0.4 is 14.8 Å². The molecule has 3 aromatic carbocycles. The van der Waals surface area contributed by atoms with Crippen LogP contribution in [0.5, 0.6) is 11.5 Å². The number of carbonyl (C=O) groups is 2. The molecule has 0 aliphatic heterocycles. The van der Waals surface area contributed by atoms with E-state index in [2.05, 4.69) is 5.32 Å². The van der Waals surface area contributed by atoms with Gasteiger partial charge in [-0.1, -0.05) is 54.6 Å². The monoisotopic (exact) mass is 630 g/mol. The third-order valence-corrected chi connectivity index (χ3v) is 7.47. The predicted octanol–water partition coefficient (Wildman–Crippen LogP) is 6.09. The first-order valence-electron chi connectivity index (χ1n) is 14.9. The van der Waals surface area contributed by atoms with Gasteiger partial charge >= 0.3 is 5.97 Å². The summed E-state index contributed by atoms with van der Waals surface area (Å²) < 4.78 is 26.7. The van der Waals surface area contributed by atoms with Crippen molar-refractivity contribution >= 4 is 18.0 Å². The molecule has 0 aliphatic rings. The fraction of sp³-hybridized carbons (Fsp3) is 0.278. The number of hydrogen-bond acceptors (Lipinski definition) is 6. The van der Waals surface area contributed by atoms with E-state index in [9.17, 15) is 24.2 Å². The summed E-state index contributed by atoms with van der Waals surface area (Å²) in [5.74, 6) is -0.852. The van der Waals surface area contributed by atoms with Crippen molar-refractivity contribution in [1.82, 2.24) is 9.88 Å². The Kier molecular flexibility index (Phi) is 11.3. The average Bonchev–Trinajstić information content (AvgIpc) is 3.38. The summed E-state index contributed by atoms with van der Waals surface area (Å²) in [5, 5.41) is 32.9. The number of aliphatic hydroxyl groups is 2.